The molecule has 3 nitrogen and oxygen atoms in total. The first-order chi connectivity index (χ1) is 9.76. The van der Waals surface area contributed by atoms with E-state index in [4.69, 9.17) is 10.00 Å². The van der Waals surface area contributed by atoms with Crippen molar-refractivity contribution in [1.82, 2.24) is 4.98 Å². The predicted octanol–water partition coefficient (Wildman–Crippen LogP) is 4.11. The number of hydrogen-bond donors (Lipinski definition) is 0. The van der Waals surface area contributed by atoms with Gasteiger partial charge in [0.15, 0.2) is 0 Å². The Labute approximate surface area is 123 Å². The second-order valence-electron chi connectivity index (χ2n) is 4.53. The topological polar surface area (TPSA) is 45.9 Å². The van der Waals surface area contributed by atoms with Crippen LogP contribution < -0.4 is 4.74 Å². The zero-order valence-electron chi connectivity index (χ0n) is 11.8. The number of aromatic nitrogens is 1. The van der Waals surface area contributed by atoms with Crippen LogP contribution in [-0.4, -0.2) is 4.98 Å². The molecule has 0 spiro atoms. The van der Waals surface area contributed by atoms with E-state index < -0.39 is 0 Å². The van der Waals surface area contributed by atoms with Gasteiger partial charge in [0.25, 0.3) is 0 Å². The van der Waals surface area contributed by atoms with Crippen molar-refractivity contribution in [2.45, 2.75) is 39.7 Å². The van der Waals surface area contributed by atoms with Crippen LogP contribution in [0.3, 0.4) is 0 Å². The zero-order chi connectivity index (χ0) is 14.4. The highest BCUT2D eigenvalue weighted by Gasteiger charge is 2.10. The van der Waals surface area contributed by atoms with Crippen LogP contribution in [0.25, 0.3) is 0 Å². The Kier molecular flexibility index (Phi) is 5.14. The lowest BCUT2D eigenvalue weighted by atomic mass is 10.2. The third-order valence-corrected chi connectivity index (χ3v) is 4.00. The molecular formula is C16H18N2OS. The number of hydrogen-bond acceptors (Lipinski definition) is 4. The monoisotopic (exact) mass is 286 g/mol. The zero-order valence-corrected chi connectivity index (χ0v) is 12.7. The highest BCUT2D eigenvalue weighted by atomic mass is 32.1. The molecule has 0 aliphatic carbocycles. The minimum Gasteiger partial charge on any atom is -0.486 e. The van der Waals surface area contributed by atoms with Gasteiger partial charge in [-0.3, -0.25) is 0 Å². The Morgan fingerprint density at radius 2 is 2.00 bits per heavy atom. The quantitative estimate of drug-likeness (QED) is 0.802. The third-order valence-electron chi connectivity index (χ3n) is 3.02. The number of benzene rings is 1. The minimum atomic E-state index is 0.425. The van der Waals surface area contributed by atoms with E-state index in [1.807, 2.05) is 12.1 Å². The second-order valence-corrected chi connectivity index (χ2v) is 5.62. The first-order valence-corrected chi connectivity index (χ1v) is 7.68. The highest BCUT2D eigenvalue weighted by Crippen LogP contribution is 2.21. The van der Waals surface area contributed by atoms with Gasteiger partial charge in [-0.2, -0.15) is 5.26 Å². The molecule has 0 bridgehead atoms. The first kappa shape index (κ1) is 14.5. The maximum atomic E-state index is 9.08. The maximum Gasteiger partial charge on any atom is 0.140 e. The molecule has 0 N–H and O–H groups in total. The van der Waals surface area contributed by atoms with Gasteiger partial charge < -0.3 is 4.74 Å². The molecule has 0 saturated carbocycles. The van der Waals surface area contributed by atoms with Crippen LogP contribution in [0.4, 0.5) is 0 Å². The fraction of sp³-hybridized carbons (Fsp3) is 0.375. The van der Waals surface area contributed by atoms with Gasteiger partial charge in [-0.25, -0.2) is 4.98 Å². The SMILES string of the molecule is CCCc1nc(COc2ccc(CC)cc2)sc1C#N. The fourth-order valence-corrected chi connectivity index (χ4v) is 2.74. The van der Waals surface area contributed by atoms with Crippen LogP contribution in [0.2, 0.25) is 0 Å². The van der Waals surface area contributed by atoms with E-state index in [9.17, 15) is 0 Å². The summed E-state index contributed by atoms with van der Waals surface area (Å²) in [5.74, 6) is 0.841. The number of ether oxygens (including phenoxy) is 1. The molecule has 2 aromatic rings. The van der Waals surface area contributed by atoms with Gasteiger partial charge in [0, 0.05) is 0 Å². The molecule has 0 fully saturated rings. The van der Waals surface area contributed by atoms with Crippen molar-refractivity contribution in [3.8, 4) is 11.8 Å². The van der Waals surface area contributed by atoms with Crippen molar-refractivity contribution in [3.05, 3.63) is 45.4 Å². The fourth-order valence-electron chi connectivity index (χ4n) is 1.92. The first-order valence-electron chi connectivity index (χ1n) is 6.87. The van der Waals surface area contributed by atoms with Crippen LogP contribution >= 0.6 is 11.3 Å². The smallest absolute Gasteiger partial charge is 0.140 e. The Balaban J connectivity index is 2.01. The summed E-state index contributed by atoms with van der Waals surface area (Å²) in [6.07, 6.45) is 2.88. The minimum absolute atomic E-state index is 0.425. The van der Waals surface area contributed by atoms with E-state index in [2.05, 4.69) is 37.0 Å². The van der Waals surface area contributed by atoms with Crippen LogP contribution in [-0.2, 0) is 19.4 Å². The number of rotatable bonds is 6. The second kappa shape index (κ2) is 7.06. The Morgan fingerprint density at radius 1 is 1.25 bits per heavy atom. The summed E-state index contributed by atoms with van der Waals surface area (Å²) in [5.41, 5.74) is 2.20. The van der Waals surface area contributed by atoms with E-state index in [0.717, 1.165) is 35.7 Å². The van der Waals surface area contributed by atoms with E-state index in [0.29, 0.717) is 11.5 Å². The third kappa shape index (κ3) is 3.58. The average molecular weight is 286 g/mol. The van der Waals surface area contributed by atoms with Crippen LogP contribution in [0.1, 0.15) is 41.4 Å². The van der Waals surface area contributed by atoms with Gasteiger partial charge in [0.1, 0.15) is 28.3 Å². The Bertz CT molecular complexity index is 596. The van der Waals surface area contributed by atoms with E-state index >= 15 is 0 Å². The standard InChI is InChI=1S/C16H18N2OS/c1-3-5-14-15(10-17)20-16(18-14)11-19-13-8-6-12(4-2)7-9-13/h6-9H,3-5,11H2,1-2H3. The normalized spacial score (nSPS) is 10.2. The van der Waals surface area contributed by atoms with E-state index in [-0.39, 0.29) is 0 Å². The van der Waals surface area contributed by atoms with Gasteiger partial charge in [-0.05, 0) is 30.5 Å². The molecule has 1 aromatic carbocycles. The summed E-state index contributed by atoms with van der Waals surface area (Å²) in [5, 5.41) is 9.95. The van der Waals surface area contributed by atoms with Crippen molar-refractivity contribution in [2.24, 2.45) is 0 Å². The largest absolute Gasteiger partial charge is 0.486 e. The molecular weight excluding hydrogens is 268 g/mol. The summed E-state index contributed by atoms with van der Waals surface area (Å²) in [7, 11) is 0. The molecule has 0 aliphatic rings. The number of aryl methyl sites for hydroxylation is 2. The average Bonchev–Trinajstić information content (AvgIpc) is 2.88. The van der Waals surface area contributed by atoms with Crippen LogP contribution in [0.15, 0.2) is 24.3 Å². The van der Waals surface area contributed by atoms with Gasteiger partial charge in [-0.1, -0.05) is 32.4 Å². The van der Waals surface area contributed by atoms with E-state index in [1.165, 1.54) is 16.9 Å². The van der Waals surface area contributed by atoms with Crippen molar-refractivity contribution in [2.75, 3.05) is 0 Å². The van der Waals surface area contributed by atoms with Crippen LogP contribution in [0, 0.1) is 11.3 Å². The summed E-state index contributed by atoms with van der Waals surface area (Å²) in [6, 6.07) is 10.3. The van der Waals surface area contributed by atoms with Gasteiger partial charge >= 0.3 is 0 Å². The molecule has 4 heteroatoms. The maximum absolute atomic E-state index is 9.08. The summed E-state index contributed by atoms with van der Waals surface area (Å²) in [6.45, 7) is 4.64. The predicted molar refractivity (Wildman–Crippen MR) is 81.0 cm³/mol. The lowest BCUT2D eigenvalue weighted by Gasteiger charge is -2.04. The molecule has 0 radical (unpaired) electrons. The van der Waals surface area contributed by atoms with Crippen LogP contribution in [0.5, 0.6) is 5.75 Å². The Hall–Kier alpha value is -1.86. The summed E-state index contributed by atoms with van der Waals surface area (Å²) in [4.78, 5) is 5.21. The summed E-state index contributed by atoms with van der Waals surface area (Å²) < 4.78 is 5.72. The van der Waals surface area contributed by atoms with Crippen molar-refractivity contribution < 1.29 is 4.74 Å². The lowest BCUT2D eigenvalue weighted by Crippen LogP contribution is -1.95. The molecule has 1 aromatic heterocycles. The highest BCUT2D eigenvalue weighted by molar-refractivity contribution is 7.12. The number of nitrogens with zero attached hydrogens (tertiary/aromatic N) is 2. The number of nitriles is 1. The van der Waals surface area contributed by atoms with Gasteiger partial charge in [-0.15, -0.1) is 11.3 Å². The summed E-state index contributed by atoms with van der Waals surface area (Å²) >= 11 is 1.43. The Morgan fingerprint density at radius 3 is 2.60 bits per heavy atom. The molecule has 0 aliphatic heterocycles. The molecule has 0 amide bonds. The molecule has 0 atom stereocenters. The van der Waals surface area contributed by atoms with E-state index in [1.54, 1.807) is 0 Å². The molecule has 1 heterocycles. The lowest BCUT2D eigenvalue weighted by molar-refractivity contribution is 0.305. The molecule has 0 saturated heterocycles. The van der Waals surface area contributed by atoms with Gasteiger partial charge in [0.05, 0.1) is 5.69 Å². The molecule has 0 unspecified atom stereocenters. The van der Waals surface area contributed by atoms with Crippen molar-refractivity contribution in [3.63, 3.8) is 0 Å². The van der Waals surface area contributed by atoms with Crippen molar-refractivity contribution in [1.29, 1.82) is 5.26 Å². The van der Waals surface area contributed by atoms with Gasteiger partial charge in [0.2, 0.25) is 0 Å². The number of thiazole rings is 1. The van der Waals surface area contributed by atoms with Crippen molar-refractivity contribution >= 4 is 11.3 Å². The molecule has 20 heavy (non-hydrogen) atoms. The molecule has 104 valence electrons. The molecule has 2 rings (SSSR count).